The summed E-state index contributed by atoms with van der Waals surface area (Å²) in [6.45, 7) is 2.83. The van der Waals surface area contributed by atoms with E-state index in [2.05, 4.69) is 4.98 Å². The standard InChI is InChI=1S/C9H17NO.C8H10N2O.CH4/c10-9(6-11-7-9)8-4-2-1-3-5-8;9-8(5-11-6-8)7-2-1-3-10-4-7;/h8H,1-7,10H2;1-4H,5-6,9H2;1H4. The second-order valence-corrected chi connectivity index (χ2v) is 6.95. The van der Waals surface area contributed by atoms with Crippen LogP contribution in [0.25, 0.3) is 0 Å². The minimum Gasteiger partial charge on any atom is -0.377 e. The van der Waals surface area contributed by atoms with Crippen molar-refractivity contribution in [2.75, 3.05) is 26.4 Å². The van der Waals surface area contributed by atoms with Crippen LogP contribution >= 0.6 is 0 Å². The summed E-state index contributed by atoms with van der Waals surface area (Å²) in [5, 5.41) is 0. The molecule has 5 heteroatoms. The third kappa shape index (κ3) is 4.10. The van der Waals surface area contributed by atoms with Gasteiger partial charge in [0.15, 0.2) is 0 Å². The molecule has 1 aromatic heterocycles. The van der Waals surface area contributed by atoms with Gasteiger partial charge in [0.1, 0.15) is 0 Å². The van der Waals surface area contributed by atoms with Crippen LogP contribution in [0.1, 0.15) is 45.1 Å². The molecular formula is C18H31N3O2. The molecule has 3 aliphatic rings. The Labute approximate surface area is 139 Å². The fourth-order valence-corrected chi connectivity index (χ4v) is 3.40. The topological polar surface area (TPSA) is 83.4 Å². The van der Waals surface area contributed by atoms with Crippen molar-refractivity contribution in [3.05, 3.63) is 30.1 Å². The van der Waals surface area contributed by atoms with Gasteiger partial charge in [-0.15, -0.1) is 0 Å². The van der Waals surface area contributed by atoms with E-state index in [1.807, 2.05) is 12.1 Å². The van der Waals surface area contributed by atoms with Gasteiger partial charge in [0.25, 0.3) is 0 Å². The van der Waals surface area contributed by atoms with Gasteiger partial charge in [0, 0.05) is 12.4 Å². The average molecular weight is 321 g/mol. The maximum Gasteiger partial charge on any atom is 0.0898 e. The fraction of sp³-hybridized carbons (Fsp3) is 0.722. The van der Waals surface area contributed by atoms with Crippen LogP contribution in [0.15, 0.2) is 24.5 Å². The molecule has 1 saturated carbocycles. The molecule has 3 heterocycles. The highest BCUT2D eigenvalue weighted by Crippen LogP contribution is 2.35. The number of nitrogens with zero attached hydrogens (tertiary/aromatic N) is 1. The van der Waals surface area contributed by atoms with Crippen LogP contribution in [0.3, 0.4) is 0 Å². The van der Waals surface area contributed by atoms with E-state index in [4.69, 9.17) is 20.9 Å². The number of hydrogen-bond donors (Lipinski definition) is 2. The van der Waals surface area contributed by atoms with Crippen LogP contribution in [-0.4, -0.2) is 37.0 Å². The van der Waals surface area contributed by atoms with Gasteiger partial charge in [-0.05, 0) is 30.4 Å². The van der Waals surface area contributed by atoms with E-state index in [0.717, 1.165) is 24.7 Å². The Hall–Kier alpha value is -1.01. The van der Waals surface area contributed by atoms with Gasteiger partial charge < -0.3 is 20.9 Å². The molecule has 130 valence electrons. The quantitative estimate of drug-likeness (QED) is 0.872. The van der Waals surface area contributed by atoms with E-state index in [-0.39, 0.29) is 18.5 Å². The van der Waals surface area contributed by atoms with Gasteiger partial charge in [-0.2, -0.15) is 0 Å². The van der Waals surface area contributed by atoms with E-state index >= 15 is 0 Å². The largest absolute Gasteiger partial charge is 0.377 e. The highest BCUT2D eigenvalue weighted by molar-refractivity contribution is 5.22. The first kappa shape index (κ1) is 18.3. The molecule has 23 heavy (non-hydrogen) atoms. The summed E-state index contributed by atoms with van der Waals surface area (Å²) >= 11 is 0. The van der Waals surface area contributed by atoms with Crippen LogP contribution in [-0.2, 0) is 15.0 Å². The Morgan fingerprint density at radius 1 is 1.00 bits per heavy atom. The summed E-state index contributed by atoms with van der Waals surface area (Å²) in [6.07, 6.45) is 10.4. The Morgan fingerprint density at radius 3 is 2.09 bits per heavy atom. The predicted molar refractivity (Wildman–Crippen MR) is 92.0 cm³/mol. The molecule has 0 bridgehead atoms. The summed E-state index contributed by atoms with van der Waals surface area (Å²) in [5.41, 5.74) is 13.0. The minimum atomic E-state index is -0.270. The number of rotatable bonds is 2. The van der Waals surface area contributed by atoms with Crippen molar-refractivity contribution in [1.29, 1.82) is 0 Å². The average Bonchev–Trinajstić information content (AvgIpc) is 2.53. The summed E-state index contributed by atoms with van der Waals surface area (Å²) in [5.74, 6) is 0.755. The van der Waals surface area contributed by atoms with Crippen molar-refractivity contribution in [3.63, 3.8) is 0 Å². The first-order valence-electron chi connectivity index (χ1n) is 8.26. The molecule has 0 spiro atoms. The molecule has 1 aliphatic carbocycles. The van der Waals surface area contributed by atoms with Gasteiger partial charge in [-0.1, -0.05) is 32.8 Å². The maximum atomic E-state index is 6.15. The minimum absolute atomic E-state index is 0. The summed E-state index contributed by atoms with van der Waals surface area (Å²) in [7, 11) is 0. The first-order chi connectivity index (χ1) is 10.6. The van der Waals surface area contributed by atoms with E-state index in [1.54, 1.807) is 12.4 Å². The third-order valence-electron chi connectivity index (χ3n) is 5.12. The monoisotopic (exact) mass is 321 g/mol. The highest BCUT2D eigenvalue weighted by atomic mass is 16.5. The third-order valence-corrected chi connectivity index (χ3v) is 5.12. The van der Waals surface area contributed by atoms with Gasteiger partial charge in [0.2, 0.25) is 0 Å². The van der Waals surface area contributed by atoms with Crippen molar-refractivity contribution >= 4 is 0 Å². The fourth-order valence-electron chi connectivity index (χ4n) is 3.40. The smallest absolute Gasteiger partial charge is 0.0898 e. The van der Waals surface area contributed by atoms with E-state index in [1.165, 1.54) is 32.1 Å². The molecule has 0 radical (unpaired) electrons. The van der Waals surface area contributed by atoms with Crippen LogP contribution in [0.4, 0.5) is 0 Å². The summed E-state index contributed by atoms with van der Waals surface area (Å²) in [6, 6.07) is 3.87. The molecule has 0 atom stereocenters. The van der Waals surface area contributed by atoms with E-state index in [9.17, 15) is 0 Å². The number of aromatic nitrogens is 1. The SMILES string of the molecule is C.NC1(C2CCCCC2)COC1.NC1(c2cccnc2)COC1. The Morgan fingerprint density at radius 2 is 1.65 bits per heavy atom. The Bertz CT molecular complexity index is 466. The van der Waals surface area contributed by atoms with Gasteiger partial charge >= 0.3 is 0 Å². The second kappa shape index (κ2) is 7.71. The number of ether oxygens (including phenoxy) is 2. The molecule has 4 rings (SSSR count). The highest BCUT2D eigenvalue weighted by Gasteiger charge is 2.41. The van der Waals surface area contributed by atoms with Crippen LogP contribution in [0.2, 0.25) is 0 Å². The number of hydrogen-bond acceptors (Lipinski definition) is 5. The molecule has 1 aromatic rings. The van der Waals surface area contributed by atoms with Gasteiger partial charge in [0.05, 0.1) is 37.5 Å². The summed E-state index contributed by atoms with van der Waals surface area (Å²) < 4.78 is 10.2. The molecular weight excluding hydrogens is 290 g/mol. The Kier molecular flexibility index (Phi) is 6.14. The van der Waals surface area contributed by atoms with Crippen molar-refractivity contribution in [3.8, 4) is 0 Å². The van der Waals surface area contributed by atoms with Crippen molar-refractivity contribution in [2.45, 2.75) is 50.6 Å². The van der Waals surface area contributed by atoms with Crippen LogP contribution in [0, 0.1) is 5.92 Å². The molecule has 2 aliphatic heterocycles. The van der Waals surface area contributed by atoms with Crippen molar-refractivity contribution in [1.82, 2.24) is 4.98 Å². The zero-order valence-corrected chi connectivity index (χ0v) is 13.2. The normalized spacial score (nSPS) is 25.0. The molecule has 5 nitrogen and oxygen atoms in total. The molecule has 4 N–H and O–H groups in total. The van der Waals surface area contributed by atoms with Gasteiger partial charge in [-0.3, -0.25) is 4.98 Å². The lowest BCUT2D eigenvalue weighted by Crippen LogP contribution is -2.62. The number of nitrogens with two attached hydrogens (primary N) is 2. The van der Waals surface area contributed by atoms with Crippen molar-refractivity contribution in [2.24, 2.45) is 17.4 Å². The predicted octanol–water partition coefficient (Wildman–Crippen LogP) is 2.20. The van der Waals surface area contributed by atoms with Crippen LogP contribution < -0.4 is 11.5 Å². The Balaban J connectivity index is 0.000000160. The molecule has 0 aromatic carbocycles. The van der Waals surface area contributed by atoms with Gasteiger partial charge in [-0.25, -0.2) is 0 Å². The van der Waals surface area contributed by atoms with E-state index < -0.39 is 0 Å². The maximum absolute atomic E-state index is 6.15. The lowest BCUT2D eigenvalue weighted by molar-refractivity contribution is -0.0897. The van der Waals surface area contributed by atoms with E-state index in [0.29, 0.717) is 13.2 Å². The molecule has 0 unspecified atom stereocenters. The van der Waals surface area contributed by atoms with Crippen LogP contribution in [0.5, 0.6) is 0 Å². The van der Waals surface area contributed by atoms with Crippen molar-refractivity contribution < 1.29 is 9.47 Å². The molecule has 0 amide bonds. The summed E-state index contributed by atoms with van der Waals surface area (Å²) in [4.78, 5) is 4.00. The first-order valence-corrected chi connectivity index (χ1v) is 8.26. The zero-order valence-electron chi connectivity index (χ0n) is 13.2. The lowest BCUT2D eigenvalue weighted by Gasteiger charge is -2.45. The molecule has 2 saturated heterocycles. The second-order valence-electron chi connectivity index (χ2n) is 6.95. The number of pyridine rings is 1. The zero-order chi connectivity index (χ0) is 15.5. The molecule has 3 fully saturated rings. The lowest BCUT2D eigenvalue weighted by atomic mass is 9.74.